The number of carbonyl (C=O) groups is 1. The molecule has 0 aromatic heterocycles. The molecule has 0 fully saturated rings. The van der Waals surface area contributed by atoms with Crippen LogP contribution in [0.3, 0.4) is 0 Å². The van der Waals surface area contributed by atoms with Crippen LogP contribution in [-0.2, 0) is 4.74 Å². The predicted octanol–water partition coefficient (Wildman–Crippen LogP) is 2.36. The van der Waals surface area contributed by atoms with Crippen molar-refractivity contribution in [3.63, 3.8) is 0 Å². The maximum atomic E-state index is 11.8. The lowest BCUT2D eigenvalue weighted by Crippen LogP contribution is -2.33. The van der Waals surface area contributed by atoms with Crippen LogP contribution in [0.15, 0.2) is 18.2 Å². The molecule has 0 spiro atoms. The second kappa shape index (κ2) is 4.52. The standard InChI is InChI=1S/C14H20N2O2/c1-14(2)8-15-11-7-5-6-10(13(17)18-4)12(11)16(3)9-14/h5-7,15H,8-9H2,1-4H3. The lowest BCUT2D eigenvalue weighted by Gasteiger charge is -2.28. The number of ether oxygens (including phenoxy) is 1. The molecule has 0 saturated heterocycles. The molecule has 1 aliphatic rings. The van der Waals surface area contributed by atoms with E-state index in [1.165, 1.54) is 7.11 Å². The van der Waals surface area contributed by atoms with Crippen LogP contribution in [0.4, 0.5) is 11.4 Å². The molecule has 18 heavy (non-hydrogen) atoms. The summed E-state index contributed by atoms with van der Waals surface area (Å²) in [5.41, 5.74) is 2.69. The average Bonchev–Trinajstić information content (AvgIpc) is 2.45. The Morgan fingerprint density at radius 2 is 2.17 bits per heavy atom. The molecule has 1 aromatic carbocycles. The van der Waals surface area contributed by atoms with E-state index in [4.69, 9.17) is 4.74 Å². The Morgan fingerprint density at radius 1 is 1.44 bits per heavy atom. The van der Waals surface area contributed by atoms with Crippen LogP contribution in [0, 0.1) is 5.41 Å². The third-order valence-electron chi connectivity index (χ3n) is 3.25. The Balaban J connectivity index is 2.49. The van der Waals surface area contributed by atoms with Crippen molar-refractivity contribution < 1.29 is 9.53 Å². The molecule has 1 aromatic rings. The fourth-order valence-corrected chi connectivity index (χ4v) is 2.48. The minimum Gasteiger partial charge on any atom is -0.465 e. The number of hydrogen-bond donors (Lipinski definition) is 1. The van der Waals surface area contributed by atoms with Gasteiger partial charge in [0.25, 0.3) is 0 Å². The lowest BCUT2D eigenvalue weighted by atomic mass is 9.93. The number of nitrogens with one attached hydrogen (secondary N) is 1. The van der Waals surface area contributed by atoms with Crippen molar-refractivity contribution in [1.29, 1.82) is 0 Å². The molecule has 0 unspecified atom stereocenters. The van der Waals surface area contributed by atoms with Gasteiger partial charge in [0, 0.05) is 20.1 Å². The molecule has 1 N–H and O–H groups in total. The Bertz CT molecular complexity index is 469. The number of esters is 1. The number of hydrogen-bond acceptors (Lipinski definition) is 4. The van der Waals surface area contributed by atoms with Crippen molar-refractivity contribution in [1.82, 2.24) is 0 Å². The monoisotopic (exact) mass is 248 g/mol. The number of nitrogens with zero attached hydrogens (tertiary/aromatic N) is 1. The van der Waals surface area contributed by atoms with E-state index in [1.807, 2.05) is 19.2 Å². The van der Waals surface area contributed by atoms with E-state index < -0.39 is 0 Å². The van der Waals surface area contributed by atoms with Gasteiger partial charge in [-0.3, -0.25) is 0 Å². The Kier molecular flexibility index (Phi) is 3.20. The van der Waals surface area contributed by atoms with Gasteiger partial charge in [0.15, 0.2) is 0 Å². The molecule has 4 heteroatoms. The molecule has 0 atom stereocenters. The second-order valence-electron chi connectivity index (χ2n) is 5.57. The molecule has 0 amide bonds. The summed E-state index contributed by atoms with van der Waals surface area (Å²) in [5.74, 6) is -0.291. The number of carbonyl (C=O) groups excluding carboxylic acids is 1. The zero-order chi connectivity index (χ0) is 13.3. The first-order chi connectivity index (χ1) is 8.44. The highest BCUT2D eigenvalue weighted by atomic mass is 16.5. The van der Waals surface area contributed by atoms with Crippen LogP contribution in [0.2, 0.25) is 0 Å². The van der Waals surface area contributed by atoms with Crippen LogP contribution in [0.5, 0.6) is 0 Å². The van der Waals surface area contributed by atoms with Gasteiger partial charge in [0.1, 0.15) is 0 Å². The number of anilines is 2. The highest BCUT2D eigenvalue weighted by Gasteiger charge is 2.28. The van der Waals surface area contributed by atoms with Crippen LogP contribution < -0.4 is 10.2 Å². The van der Waals surface area contributed by atoms with E-state index in [1.54, 1.807) is 6.07 Å². The Hall–Kier alpha value is -1.71. The second-order valence-corrected chi connectivity index (χ2v) is 5.57. The number of benzene rings is 1. The number of fused-ring (bicyclic) bond motifs is 1. The van der Waals surface area contributed by atoms with Gasteiger partial charge in [0.2, 0.25) is 0 Å². The third kappa shape index (κ3) is 2.28. The minimum atomic E-state index is -0.291. The highest BCUT2D eigenvalue weighted by molar-refractivity contribution is 5.99. The molecular formula is C14H20N2O2. The van der Waals surface area contributed by atoms with Crippen LogP contribution in [-0.4, -0.2) is 33.2 Å². The molecule has 2 rings (SSSR count). The molecule has 98 valence electrons. The average molecular weight is 248 g/mol. The van der Waals surface area contributed by atoms with Crippen molar-refractivity contribution in [2.75, 3.05) is 37.5 Å². The Labute approximate surface area is 108 Å². The summed E-state index contributed by atoms with van der Waals surface area (Å²) in [4.78, 5) is 14.0. The van der Waals surface area contributed by atoms with Gasteiger partial charge in [-0.2, -0.15) is 0 Å². The van der Waals surface area contributed by atoms with Crippen LogP contribution in [0.1, 0.15) is 24.2 Å². The molecular weight excluding hydrogens is 228 g/mol. The number of methoxy groups -OCH3 is 1. The van der Waals surface area contributed by atoms with Gasteiger partial charge in [-0.15, -0.1) is 0 Å². The van der Waals surface area contributed by atoms with Crippen LogP contribution in [0.25, 0.3) is 0 Å². The first kappa shape index (κ1) is 12.7. The molecule has 1 heterocycles. The van der Waals surface area contributed by atoms with Gasteiger partial charge >= 0.3 is 5.97 Å². The highest BCUT2D eigenvalue weighted by Crippen LogP contribution is 2.35. The number of rotatable bonds is 1. The van der Waals surface area contributed by atoms with Crippen molar-refractivity contribution >= 4 is 17.3 Å². The van der Waals surface area contributed by atoms with E-state index >= 15 is 0 Å². The van der Waals surface area contributed by atoms with E-state index in [2.05, 4.69) is 24.1 Å². The topological polar surface area (TPSA) is 41.6 Å². The van der Waals surface area contributed by atoms with Gasteiger partial charge in [0.05, 0.1) is 24.0 Å². The summed E-state index contributed by atoms with van der Waals surface area (Å²) in [7, 11) is 3.43. The minimum absolute atomic E-state index is 0.154. The summed E-state index contributed by atoms with van der Waals surface area (Å²) in [5, 5.41) is 3.42. The molecule has 0 aliphatic carbocycles. The first-order valence-corrected chi connectivity index (χ1v) is 6.11. The fraction of sp³-hybridized carbons (Fsp3) is 0.500. The summed E-state index contributed by atoms with van der Waals surface area (Å²) >= 11 is 0. The fourth-order valence-electron chi connectivity index (χ4n) is 2.48. The molecule has 0 bridgehead atoms. The van der Waals surface area contributed by atoms with Crippen molar-refractivity contribution in [2.24, 2.45) is 5.41 Å². The largest absolute Gasteiger partial charge is 0.465 e. The molecule has 4 nitrogen and oxygen atoms in total. The SMILES string of the molecule is COC(=O)c1cccc2c1N(C)CC(C)(C)CN2. The van der Waals surface area contributed by atoms with E-state index in [9.17, 15) is 4.79 Å². The summed E-state index contributed by atoms with van der Waals surface area (Å²) < 4.78 is 4.85. The van der Waals surface area contributed by atoms with Crippen molar-refractivity contribution in [3.05, 3.63) is 23.8 Å². The maximum Gasteiger partial charge on any atom is 0.340 e. The zero-order valence-corrected chi connectivity index (χ0v) is 11.4. The summed E-state index contributed by atoms with van der Waals surface area (Å²) in [6.45, 7) is 6.19. The zero-order valence-electron chi connectivity index (χ0n) is 11.4. The third-order valence-corrected chi connectivity index (χ3v) is 3.25. The smallest absolute Gasteiger partial charge is 0.340 e. The lowest BCUT2D eigenvalue weighted by molar-refractivity contribution is 0.0601. The van der Waals surface area contributed by atoms with Gasteiger partial charge < -0.3 is 15.0 Å². The van der Waals surface area contributed by atoms with E-state index in [-0.39, 0.29) is 11.4 Å². The normalized spacial score (nSPS) is 17.4. The summed E-state index contributed by atoms with van der Waals surface area (Å²) in [6, 6.07) is 5.69. The van der Waals surface area contributed by atoms with E-state index in [0.717, 1.165) is 24.5 Å². The molecule has 0 radical (unpaired) electrons. The maximum absolute atomic E-state index is 11.8. The van der Waals surface area contributed by atoms with Gasteiger partial charge in [-0.25, -0.2) is 4.79 Å². The Morgan fingerprint density at radius 3 is 2.83 bits per heavy atom. The van der Waals surface area contributed by atoms with Crippen LogP contribution >= 0.6 is 0 Å². The predicted molar refractivity (Wildman–Crippen MR) is 73.3 cm³/mol. The summed E-state index contributed by atoms with van der Waals surface area (Å²) in [6.07, 6.45) is 0. The molecule has 0 saturated carbocycles. The van der Waals surface area contributed by atoms with E-state index in [0.29, 0.717) is 5.56 Å². The van der Waals surface area contributed by atoms with Crippen molar-refractivity contribution in [3.8, 4) is 0 Å². The molecule has 1 aliphatic heterocycles. The van der Waals surface area contributed by atoms with Crippen molar-refractivity contribution in [2.45, 2.75) is 13.8 Å². The quantitative estimate of drug-likeness (QED) is 0.775. The number of para-hydroxylation sites is 1. The first-order valence-electron chi connectivity index (χ1n) is 6.11. The van der Waals surface area contributed by atoms with Gasteiger partial charge in [-0.05, 0) is 17.5 Å². The van der Waals surface area contributed by atoms with Gasteiger partial charge in [-0.1, -0.05) is 19.9 Å².